The van der Waals surface area contributed by atoms with Crippen molar-refractivity contribution >= 4 is 27.5 Å². The fourth-order valence-electron chi connectivity index (χ4n) is 3.65. The van der Waals surface area contributed by atoms with Gasteiger partial charge in [-0.3, -0.25) is 4.79 Å². The molecule has 9 heteroatoms. The molecule has 0 radical (unpaired) electrons. The molecule has 0 atom stereocenters. The van der Waals surface area contributed by atoms with Crippen LogP contribution < -0.4 is 14.8 Å². The van der Waals surface area contributed by atoms with Crippen molar-refractivity contribution < 1.29 is 18.7 Å². The van der Waals surface area contributed by atoms with Crippen LogP contribution in [0.3, 0.4) is 0 Å². The average molecular weight is 489 g/mol. The molecule has 0 unspecified atom stereocenters. The van der Waals surface area contributed by atoms with Crippen LogP contribution in [0.2, 0.25) is 0 Å². The van der Waals surface area contributed by atoms with Crippen LogP contribution in [0.15, 0.2) is 34.8 Å². The summed E-state index contributed by atoms with van der Waals surface area (Å²) in [7, 11) is 2.98. The lowest BCUT2D eigenvalue weighted by atomic mass is 10.1. The van der Waals surface area contributed by atoms with E-state index in [9.17, 15) is 9.18 Å². The van der Waals surface area contributed by atoms with Crippen LogP contribution in [0, 0.1) is 5.82 Å². The smallest absolute Gasteiger partial charge is 0.256 e. The van der Waals surface area contributed by atoms with Gasteiger partial charge in [-0.2, -0.15) is 0 Å². The first-order valence-corrected chi connectivity index (χ1v) is 10.8. The molecule has 3 aromatic rings. The third-order valence-electron chi connectivity index (χ3n) is 5.29. The van der Waals surface area contributed by atoms with Crippen LogP contribution in [-0.2, 0) is 13.0 Å². The Morgan fingerprint density at radius 3 is 2.55 bits per heavy atom. The standard InChI is InChI=1S/C22H22BrFN4O3/c1-30-17-11-14(12-18(31-2)20(17)23)22(29)25-16-10-13(7-8-15(16)24)21-27-26-19-6-4-3-5-9-28(19)21/h7-8,10-12H,3-6,9H2,1-2H3,(H,25,29). The lowest BCUT2D eigenvalue weighted by Crippen LogP contribution is -2.14. The minimum atomic E-state index is -0.538. The zero-order chi connectivity index (χ0) is 22.0. The van der Waals surface area contributed by atoms with Gasteiger partial charge in [-0.25, -0.2) is 4.39 Å². The summed E-state index contributed by atoms with van der Waals surface area (Å²) in [6.45, 7) is 0.829. The molecule has 1 N–H and O–H groups in total. The molecule has 1 aromatic heterocycles. The monoisotopic (exact) mass is 488 g/mol. The number of methoxy groups -OCH3 is 2. The van der Waals surface area contributed by atoms with Gasteiger partial charge < -0.3 is 19.4 Å². The van der Waals surface area contributed by atoms with Gasteiger partial charge in [0.05, 0.1) is 19.9 Å². The summed E-state index contributed by atoms with van der Waals surface area (Å²) in [5.41, 5.74) is 1.04. The number of nitrogens with zero attached hydrogens (tertiary/aromatic N) is 3. The van der Waals surface area contributed by atoms with E-state index in [1.165, 1.54) is 20.3 Å². The number of fused-ring (bicyclic) bond motifs is 1. The van der Waals surface area contributed by atoms with Crippen molar-refractivity contribution in [2.75, 3.05) is 19.5 Å². The molecular weight excluding hydrogens is 467 g/mol. The van der Waals surface area contributed by atoms with Crippen LogP contribution in [0.25, 0.3) is 11.4 Å². The van der Waals surface area contributed by atoms with E-state index in [2.05, 4.69) is 36.0 Å². The van der Waals surface area contributed by atoms with E-state index in [0.29, 0.717) is 27.4 Å². The Morgan fingerprint density at radius 1 is 1.10 bits per heavy atom. The Bertz CT molecular complexity index is 1110. The topological polar surface area (TPSA) is 78.3 Å². The molecule has 0 saturated carbocycles. The third kappa shape index (κ3) is 4.27. The predicted octanol–water partition coefficient (Wildman–Crippen LogP) is 4.84. The van der Waals surface area contributed by atoms with Gasteiger partial charge in [0.15, 0.2) is 5.82 Å². The molecule has 0 fully saturated rings. The molecule has 0 spiro atoms. The number of halogens is 2. The van der Waals surface area contributed by atoms with E-state index in [1.807, 2.05) is 0 Å². The molecule has 2 heterocycles. The van der Waals surface area contributed by atoms with Gasteiger partial charge in [-0.1, -0.05) is 6.42 Å². The molecular formula is C22H22BrFN4O3. The first kappa shape index (κ1) is 21.3. The van der Waals surface area contributed by atoms with Gasteiger partial charge in [0.1, 0.15) is 27.6 Å². The summed E-state index contributed by atoms with van der Waals surface area (Å²) in [5.74, 6) is 1.47. The van der Waals surface area contributed by atoms with E-state index < -0.39 is 11.7 Å². The number of rotatable bonds is 5. The second-order valence-corrected chi connectivity index (χ2v) is 8.04. The van der Waals surface area contributed by atoms with E-state index in [-0.39, 0.29) is 11.3 Å². The molecule has 1 amide bonds. The lowest BCUT2D eigenvalue weighted by Gasteiger charge is -2.13. The quantitative estimate of drug-likeness (QED) is 0.555. The molecule has 7 nitrogen and oxygen atoms in total. The summed E-state index contributed by atoms with van der Waals surface area (Å²) in [6, 6.07) is 7.68. The second kappa shape index (κ2) is 9.05. The summed E-state index contributed by atoms with van der Waals surface area (Å²) in [6.07, 6.45) is 4.16. The summed E-state index contributed by atoms with van der Waals surface area (Å²) < 4.78 is 27.8. The van der Waals surface area contributed by atoms with Gasteiger partial charge in [0.25, 0.3) is 5.91 Å². The maximum absolute atomic E-state index is 14.5. The fourth-order valence-corrected chi connectivity index (χ4v) is 4.21. The normalized spacial score (nSPS) is 13.3. The van der Waals surface area contributed by atoms with Crippen molar-refractivity contribution in [1.82, 2.24) is 14.8 Å². The van der Waals surface area contributed by atoms with Gasteiger partial charge in [-0.05, 0) is 59.1 Å². The van der Waals surface area contributed by atoms with Gasteiger partial charge >= 0.3 is 0 Å². The van der Waals surface area contributed by atoms with E-state index >= 15 is 0 Å². The van der Waals surface area contributed by atoms with Crippen molar-refractivity contribution in [2.45, 2.75) is 32.2 Å². The maximum Gasteiger partial charge on any atom is 0.256 e. The molecule has 2 aromatic carbocycles. The van der Waals surface area contributed by atoms with Crippen LogP contribution in [0.5, 0.6) is 11.5 Å². The highest BCUT2D eigenvalue weighted by Gasteiger charge is 2.19. The molecule has 162 valence electrons. The summed E-state index contributed by atoms with van der Waals surface area (Å²) in [5, 5.41) is 11.3. The first-order valence-electron chi connectivity index (χ1n) is 9.96. The second-order valence-electron chi connectivity index (χ2n) is 7.25. The zero-order valence-corrected chi connectivity index (χ0v) is 18.8. The highest BCUT2D eigenvalue weighted by Crippen LogP contribution is 2.36. The number of aromatic nitrogens is 3. The molecule has 1 aliphatic rings. The first-order chi connectivity index (χ1) is 15.0. The number of aryl methyl sites for hydroxylation is 1. The molecule has 31 heavy (non-hydrogen) atoms. The molecule has 0 bridgehead atoms. The van der Waals surface area contributed by atoms with Crippen molar-refractivity contribution in [3.05, 3.63) is 52.0 Å². The highest BCUT2D eigenvalue weighted by molar-refractivity contribution is 9.10. The third-order valence-corrected chi connectivity index (χ3v) is 6.07. The van der Waals surface area contributed by atoms with E-state index in [0.717, 1.165) is 38.1 Å². The van der Waals surface area contributed by atoms with Gasteiger partial charge in [0.2, 0.25) is 0 Å². The van der Waals surface area contributed by atoms with E-state index in [4.69, 9.17) is 9.47 Å². The Labute approximate surface area is 187 Å². The van der Waals surface area contributed by atoms with Crippen molar-refractivity contribution in [1.29, 1.82) is 0 Å². The number of hydrogen-bond acceptors (Lipinski definition) is 5. The lowest BCUT2D eigenvalue weighted by molar-refractivity contribution is 0.102. The number of carbonyl (C=O) groups excluding carboxylic acids is 1. The van der Waals surface area contributed by atoms with Crippen LogP contribution in [0.4, 0.5) is 10.1 Å². The number of hydrogen-bond donors (Lipinski definition) is 1. The van der Waals surface area contributed by atoms with E-state index in [1.54, 1.807) is 24.3 Å². The minimum Gasteiger partial charge on any atom is -0.495 e. The van der Waals surface area contributed by atoms with Crippen molar-refractivity contribution in [3.63, 3.8) is 0 Å². The van der Waals surface area contributed by atoms with Crippen molar-refractivity contribution in [2.24, 2.45) is 0 Å². The number of carbonyl (C=O) groups is 1. The van der Waals surface area contributed by atoms with Crippen LogP contribution >= 0.6 is 15.9 Å². The number of anilines is 1. The SMILES string of the molecule is COc1cc(C(=O)Nc2cc(-c3nnc4n3CCCCC4)ccc2F)cc(OC)c1Br. The molecule has 1 aliphatic heterocycles. The Hall–Kier alpha value is -2.94. The maximum atomic E-state index is 14.5. The molecule has 0 aliphatic carbocycles. The van der Waals surface area contributed by atoms with Crippen LogP contribution in [-0.4, -0.2) is 34.9 Å². The van der Waals surface area contributed by atoms with Gasteiger partial charge in [0, 0.05) is 24.1 Å². The Kier molecular flexibility index (Phi) is 6.22. The number of nitrogens with one attached hydrogen (secondary N) is 1. The summed E-state index contributed by atoms with van der Waals surface area (Å²) in [4.78, 5) is 12.9. The number of amides is 1. The summed E-state index contributed by atoms with van der Waals surface area (Å²) >= 11 is 3.37. The van der Waals surface area contributed by atoms with Crippen LogP contribution in [0.1, 0.15) is 35.4 Å². The molecule has 0 saturated heterocycles. The average Bonchev–Trinajstić information content (AvgIpc) is 3.03. The predicted molar refractivity (Wildman–Crippen MR) is 118 cm³/mol. The number of ether oxygens (including phenoxy) is 2. The largest absolute Gasteiger partial charge is 0.495 e. The Morgan fingerprint density at radius 2 is 1.84 bits per heavy atom. The fraction of sp³-hybridized carbons (Fsp3) is 0.318. The Balaban J connectivity index is 1.65. The van der Waals surface area contributed by atoms with Crippen molar-refractivity contribution in [3.8, 4) is 22.9 Å². The minimum absolute atomic E-state index is 0.0642. The molecule has 4 rings (SSSR count). The highest BCUT2D eigenvalue weighted by atomic mass is 79.9. The zero-order valence-electron chi connectivity index (χ0n) is 17.2. The number of benzene rings is 2. The van der Waals surface area contributed by atoms with Gasteiger partial charge in [-0.15, -0.1) is 10.2 Å².